The molecule has 9 heteroatoms. The fourth-order valence-corrected chi connectivity index (χ4v) is 4.56. The van der Waals surface area contributed by atoms with Crippen molar-refractivity contribution in [1.82, 2.24) is 20.0 Å². The highest BCUT2D eigenvalue weighted by Crippen LogP contribution is 2.21. The first kappa shape index (κ1) is 27.1. The second-order valence-corrected chi connectivity index (χ2v) is 9.35. The van der Waals surface area contributed by atoms with Crippen LogP contribution in [0.4, 0.5) is 10.5 Å². The van der Waals surface area contributed by atoms with Gasteiger partial charge in [0.2, 0.25) is 5.91 Å². The predicted molar refractivity (Wildman–Crippen MR) is 147 cm³/mol. The van der Waals surface area contributed by atoms with Crippen LogP contribution in [0.25, 0.3) is 11.3 Å². The lowest BCUT2D eigenvalue weighted by molar-refractivity contribution is -0.121. The molecule has 0 aliphatic carbocycles. The van der Waals surface area contributed by atoms with E-state index in [0.717, 1.165) is 36.3 Å². The highest BCUT2D eigenvalue weighted by Gasteiger charge is 2.13. The summed E-state index contributed by atoms with van der Waals surface area (Å²) in [7, 11) is 0. The smallest absolute Gasteiger partial charge is 0.411 e. The van der Waals surface area contributed by atoms with Crippen LogP contribution in [0.2, 0.25) is 0 Å². The van der Waals surface area contributed by atoms with E-state index in [0.29, 0.717) is 24.3 Å². The number of carbonyl (C=O) groups excluding carboxylic acids is 2. The van der Waals surface area contributed by atoms with Gasteiger partial charge in [0, 0.05) is 36.8 Å². The molecule has 38 heavy (non-hydrogen) atoms. The van der Waals surface area contributed by atoms with Crippen molar-refractivity contribution < 1.29 is 14.3 Å². The fourth-order valence-electron chi connectivity index (χ4n) is 4.56. The maximum absolute atomic E-state index is 12.6. The topological polar surface area (TPSA) is 106 Å². The van der Waals surface area contributed by atoms with E-state index in [1.165, 1.54) is 30.0 Å². The Labute approximate surface area is 222 Å². The van der Waals surface area contributed by atoms with Gasteiger partial charge in [-0.05, 0) is 62.2 Å². The van der Waals surface area contributed by atoms with Crippen molar-refractivity contribution in [3.05, 3.63) is 82.1 Å². The van der Waals surface area contributed by atoms with E-state index in [1.54, 1.807) is 31.2 Å². The number of aromatic nitrogens is 2. The lowest BCUT2D eigenvalue weighted by Gasteiger charge is -2.26. The Kier molecular flexibility index (Phi) is 9.64. The fraction of sp³-hybridized carbons (Fsp3) is 0.379. The summed E-state index contributed by atoms with van der Waals surface area (Å²) in [4.78, 5) is 39.2. The second-order valence-electron chi connectivity index (χ2n) is 9.35. The van der Waals surface area contributed by atoms with Crippen molar-refractivity contribution in [2.75, 3.05) is 31.6 Å². The summed E-state index contributed by atoms with van der Waals surface area (Å²) in [6.45, 7) is 5.58. The zero-order chi connectivity index (χ0) is 26.7. The van der Waals surface area contributed by atoms with Gasteiger partial charge in [0.15, 0.2) is 0 Å². The number of rotatable bonds is 10. The van der Waals surface area contributed by atoms with Crippen molar-refractivity contribution >= 4 is 17.7 Å². The van der Waals surface area contributed by atoms with Gasteiger partial charge < -0.3 is 15.0 Å². The predicted octanol–water partition coefficient (Wildman–Crippen LogP) is 4.02. The number of likely N-dealkylation sites (tertiary alicyclic amines) is 1. The van der Waals surface area contributed by atoms with Crippen LogP contribution < -0.4 is 16.2 Å². The molecule has 0 spiro atoms. The summed E-state index contributed by atoms with van der Waals surface area (Å²) in [5, 5.41) is 10.3. The monoisotopic (exact) mass is 517 g/mol. The molecule has 4 rings (SSSR count). The molecule has 200 valence electrons. The Balaban J connectivity index is 1.43. The molecule has 2 amide bonds. The van der Waals surface area contributed by atoms with Crippen LogP contribution in [0.1, 0.15) is 43.7 Å². The Morgan fingerprint density at radius 1 is 1.00 bits per heavy atom. The van der Waals surface area contributed by atoms with Crippen LogP contribution >= 0.6 is 0 Å². The minimum absolute atomic E-state index is 0.0274. The maximum atomic E-state index is 12.6. The Morgan fingerprint density at radius 2 is 1.82 bits per heavy atom. The highest BCUT2D eigenvalue weighted by atomic mass is 16.5. The molecule has 2 N–H and O–H groups in total. The average Bonchev–Trinajstić information content (AvgIpc) is 2.93. The molecule has 2 aromatic carbocycles. The van der Waals surface area contributed by atoms with Gasteiger partial charge in [-0.3, -0.25) is 14.9 Å². The quantitative estimate of drug-likeness (QED) is 0.421. The Morgan fingerprint density at radius 3 is 2.63 bits per heavy atom. The van der Waals surface area contributed by atoms with Gasteiger partial charge >= 0.3 is 6.09 Å². The van der Waals surface area contributed by atoms with Crippen LogP contribution in [0.15, 0.2) is 65.5 Å². The molecular formula is C29H35N5O4. The zero-order valence-corrected chi connectivity index (χ0v) is 21.8. The summed E-state index contributed by atoms with van der Waals surface area (Å²) in [5.41, 5.74) is 3.57. The van der Waals surface area contributed by atoms with Gasteiger partial charge in [-0.2, -0.15) is 5.10 Å². The lowest BCUT2D eigenvalue weighted by Crippen LogP contribution is -2.34. The van der Waals surface area contributed by atoms with Crippen LogP contribution in [-0.2, 0) is 22.6 Å². The first-order valence-electron chi connectivity index (χ1n) is 13.2. The van der Waals surface area contributed by atoms with Crippen molar-refractivity contribution in [1.29, 1.82) is 0 Å². The van der Waals surface area contributed by atoms with Crippen LogP contribution in [0.5, 0.6) is 0 Å². The minimum Gasteiger partial charge on any atom is -0.450 e. The first-order chi connectivity index (χ1) is 18.5. The van der Waals surface area contributed by atoms with Crippen LogP contribution in [0.3, 0.4) is 0 Å². The zero-order valence-electron chi connectivity index (χ0n) is 21.8. The molecule has 1 saturated heterocycles. The van der Waals surface area contributed by atoms with Gasteiger partial charge in [0.05, 0.1) is 18.8 Å². The normalized spacial score (nSPS) is 13.6. The van der Waals surface area contributed by atoms with E-state index < -0.39 is 6.09 Å². The second kappa shape index (κ2) is 13.5. The number of hydrogen-bond donors (Lipinski definition) is 2. The van der Waals surface area contributed by atoms with E-state index in [4.69, 9.17) is 4.74 Å². The summed E-state index contributed by atoms with van der Waals surface area (Å²) in [6, 6.07) is 18.1. The molecule has 2 heterocycles. The minimum atomic E-state index is -0.530. The molecule has 1 aliphatic heterocycles. The number of hydrogen-bond acceptors (Lipinski definition) is 6. The number of piperidine rings is 1. The number of amides is 2. The van der Waals surface area contributed by atoms with Gasteiger partial charge in [-0.15, -0.1) is 0 Å². The van der Waals surface area contributed by atoms with E-state index in [9.17, 15) is 14.4 Å². The molecule has 1 aromatic heterocycles. The molecule has 0 unspecified atom stereocenters. The van der Waals surface area contributed by atoms with Crippen LogP contribution in [-0.4, -0.2) is 52.9 Å². The maximum Gasteiger partial charge on any atom is 0.411 e. The molecular weight excluding hydrogens is 482 g/mol. The Hall–Kier alpha value is -3.98. The summed E-state index contributed by atoms with van der Waals surface area (Å²) < 4.78 is 6.32. The molecule has 0 atom stereocenters. The van der Waals surface area contributed by atoms with E-state index in [2.05, 4.69) is 20.6 Å². The third-order valence-electron chi connectivity index (χ3n) is 6.52. The lowest BCUT2D eigenvalue weighted by atomic mass is 10.0. The van der Waals surface area contributed by atoms with Crippen molar-refractivity contribution in [3.63, 3.8) is 0 Å². The molecule has 0 saturated carbocycles. The first-order valence-corrected chi connectivity index (χ1v) is 13.2. The number of nitrogens with one attached hydrogen (secondary N) is 2. The molecule has 1 aliphatic rings. The standard InChI is InChI=1S/C29H35N5O4/c1-2-38-29(37)31-24-11-8-9-22(19-24)21-34-28(36)14-13-26(32-34)25-12-5-4-10-23(25)20-30-27(35)15-18-33-16-6-3-7-17-33/h4-5,8-14,19H,2-3,6-7,15-18,20-21H2,1H3,(H,30,35)(H,31,37). The van der Waals surface area contributed by atoms with Crippen molar-refractivity contribution in [2.45, 2.75) is 45.7 Å². The largest absolute Gasteiger partial charge is 0.450 e. The SMILES string of the molecule is CCOC(=O)Nc1cccc(Cn2nc(-c3ccccc3CNC(=O)CCN3CCCCC3)ccc2=O)c1. The number of benzene rings is 2. The summed E-state index contributed by atoms with van der Waals surface area (Å²) >= 11 is 0. The van der Waals surface area contributed by atoms with Gasteiger partial charge in [-0.25, -0.2) is 9.48 Å². The van der Waals surface area contributed by atoms with Gasteiger partial charge in [0.1, 0.15) is 0 Å². The third-order valence-corrected chi connectivity index (χ3v) is 6.52. The number of ether oxygens (including phenoxy) is 1. The van der Waals surface area contributed by atoms with E-state index in [-0.39, 0.29) is 24.6 Å². The molecule has 1 fully saturated rings. The number of carbonyl (C=O) groups is 2. The molecule has 9 nitrogen and oxygen atoms in total. The molecule has 3 aromatic rings. The number of anilines is 1. The van der Waals surface area contributed by atoms with Crippen molar-refractivity contribution in [3.8, 4) is 11.3 Å². The molecule has 0 radical (unpaired) electrons. The van der Waals surface area contributed by atoms with Gasteiger partial charge in [-0.1, -0.05) is 42.8 Å². The average molecular weight is 518 g/mol. The molecule has 0 bridgehead atoms. The highest BCUT2D eigenvalue weighted by molar-refractivity contribution is 5.84. The van der Waals surface area contributed by atoms with Crippen molar-refractivity contribution in [2.24, 2.45) is 0 Å². The van der Waals surface area contributed by atoms with Crippen LogP contribution in [0, 0.1) is 0 Å². The summed E-state index contributed by atoms with van der Waals surface area (Å²) in [5.74, 6) is 0.0274. The van der Waals surface area contributed by atoms with Gasteiger partial charge in [0.25, 0.3) is 5.56 Å². The Bertz CT molecular complexity index is 1300. The third kappa shape index (κ3) is 7.76. The van der Waals surface area contributed by atoms with E-state index >= 15 is 0 Å². The summed E-state index contributed by atoms with van der Waals surface area (Å²) in [6.07, 6.45) is 3.65. The van der Waals surface area contributed by atoms with E-state index in [1.807, 2.05) is 30.3 Å². The number of nitrogens with zero attached hydrogens (tertiary/aromatic N) is 3.